The molecule has 8 bridgehead atoms. The molecular formula is C71H70F5N7O12. The minimum atomic E-state index is -4.66. The van der Waals surface area contributed by atoms with Gasteiger partial charge in [-0.25, -0.2) is 32.8 Å². The molecule has 19 nitrogen and oxygen atoms in total. The van der Waals surface area contributed by atoms with Gasteiger partial charge in [0.15, 0.2) is 0 Å². The Kier molecular flexibility index (Phi) is 18.4. The summed E-state index contributed by atoms with van der Waals surface area (Å²) in [4.78, 5) is 78.3. The third kappa shape index (κ3) is 13.9. The van der Waals surface area contributed by atoms with E-state index in [0.29, 0.717) is 47.6 Å². The van der Waals surface area contributed by atoms with Crippen LogP contribution in [0.25, 0.3) is 0 Å². The molecule has 2 amide bonds. The summed E-state index contributed by atoms with van der Waals surface area (Å²) >= 11 is 0. The molecule has 7 atom stereocenters. The second-order valence-corrected chi connectivity index (χ2v) is 25.7. The fraction of sp³-hybridized carbons (Fsp3) is 0.408. The Hall–Kier alpha value is -8.99. The number of nitriles is 1. The van der Waals surface area contributed by atoms with Crippen molar-refractivity contribution >= 4 is 47.2 Å². The second kappa shape index (κ2) is 27.0. The lowest BCUT2D eigenvalue weighted by Crippen LogP contribution is -2.54. The van der Waals surface area contributed by atoms with Crippen molar-refractivity contribution in [3.8, 4) is 6.07 Å². The highest BCUT2D eigenvalue weighted by atomic mass is 19.4. The summed E-state index contributed by atoms with van der Waals surface area (Å²) in [5, 5.41) is 22.2. The number of hydrogen-bond acceptors (Lipinski definition) is 17. The molecule has 10 fully saturated rings. The Morgan fingerprint density at radius 2 is 1.22 bits per heavy atom. The Bertz CT molecular complexity index is 3930. The molecule has 0 aromatic heterocycles. The number of hydrogen-bond donors (Lipinski definition) is 1. The van der Waals surface area contributed by atoms with Crippen LogP contribution in [0.3, 0.4) is 0 Å². The van der Waals surface area contributed by atoms with Gasteiger partial charge < -0.3 is 43.3 Å². The summed E-state index contributed by atoms with van der Waals surface area (Å²) in [5.74, 6) is -3.19. The molecule has 0 radical (unpaired) electrons. The van der Waals surface area contributed by atoms with E-state index in [0.717, 1.165) is 103 Å². The van der Waals surface area contributed by atoms with E-state index in [4.69, 9.17) is 23.7 Å². The third-order valence-corrected chi connectivity index (χ3v) is 20.0. The molecule has 6 aromatic rings. The quantitative estimate of drug-likeness (QED) is 0.0308. The van der Waals surface area contributed by atoms with Crippen molar-refractivity contribution in [2.45, 2.75) is 95.4 Å². The molecule has 1 N–H and O–H groups in total. The predicted molar refractivity (Wildman–Crippen MR) is 333 cm³/mol. The maximum atomic E-state index is 16.0. The van der Waals surface area contributed by atoms with Crippen LogP contribution >= 0.6 is 0 Å². The van der Waals surface area contributed by atoms with Crippen molar-refractivity contribution in [3.63, 3.8) is 0 Å². The summed E-state index contributed by atoms with van der Waals surface area (Å²) < 4.78 is 108. The summed E-state index contributed by atoms with van der Waals surface area (Å²) in [6.07, 6.45) is -4.09. The first-order valence-corrected chi connectivity index (χ1v) is 31.9. The van der Waals surface area contributed by atoms with Gasteiger partial charge in [-0.15, -0.1) is 0 Å². The van der Waals surface area contributed by atoms with Crippen LogP contribution < -0.4 is 14.7 Å². The number of alkyl halides is 3. The van der Waals surface area contributed by atoms with Crippen LogP contribution in [0, 0.1) is 46.6 Å². The fourth-order valence-corrected chi connectivity index (χ4v) is 14.6. The molecule has 95 heavy (non-hydrogen) atoms. The first kappa shape index (κ1) is 64.7. The Balaban J connectivity index is 0.670. The summed E-state index contributed by atoms with van der Waals surface area (Å²) in [7, 11) is 1.13. The molecule has 6 aromatic carbocycles. The molecule has 16 rings (SSSR count). The normalized spacial score (nSPS) is 24.5. The number of benzene rings is 6. The topological polar surface area (TPSA) is 204 Å². The van der Waals surface area contributed by atoms with E-state index >= 15 is 8.78 Å². The summed E-state index contributed by atoms with van der Waals surface area (Å²) in [5.41, 5.74) is 0.733. The van der Waals surface area contributed by atoms with E-state index < -0.39 is 65.5 Å². The van der Waals surface area contributed by atoms with Gasteiger partial charge >= 0.3 is 36.3 Å². The van der Waals surface area contributed by atoms with E-state index in [2.05, 4.69) is 25.5 Å². The molecule has 9 aliphatic heterocycles. The second-order valence-electron chi connectivity index (χ2n) is 25.7. The number of anilines is 3. The zero-order valence-corrected chi connectivity index (χ0v) is 52.1. The number of piperidine rings is 9. The largest absolute Gasteiger partial charge is 0.465 e. The van der Waals surface area contributed by atoms with Gasteiger partial charge in [0.25, 0.3) is 0 Å². The molecule has 1 saturated carbocycles. The first-order valence-electron chi connectivity index (χ1n) is 31.9. The number of fused-ring (bicyclic) bond motifs is 7. The van der Waals surface area contributed by atoms with Gasteiger partial charge in [-0.05, 0) is 178 Å². The molecule has 10 aliphatic rings. The minimum Gasteiger partial charge on any atom is -0.465 e. The maximum absolute atomic E-state index is 16.0. The van der Waals surface area contributed by atoms with Gasteiger partial charge in [-0.3, -0.25) is 19.6 Å². The molecule has 9 saturated heterocycles. The number of nitrogens with zero attached hydrogens (tertiary/aromatic N) is 7. The minimum absolute atomic E-state index is 0.00237. The van der Waals surface area contributed by atoms with E-state index in [1.807, 2.05) is 0 Å². The zero-order chi connectivity index (χ0) is 66.3. The van der Waals surface area contributed by atoms with Crippen molar-refractivity contribution in [3.05, 3.63) is 195 Å². The smallest absolute Gasteiger partial charge is 0.416 e. The van der Waals surface area contributed by atoms with Crippen LogP contribution in [0.15, 0.2) is 127 Å². The average molecular weight is 1310 g/mol. The lowest BCUT2D eigenvalue weighted by molar-refractivity contribution is -0.178. The van der Waals surface area contributed by atoms with E-state index in [9.17, 15) is 47.5 Å². The summed E-state index contributed by atoms with van der Waals surface area (Å²) in [6.45, 7) is 6.00. The highest BCUT2D eigenvalue weighted by Crippen LogP contribution is 2.63. The van der Waals surface area contributed by atoms with Gasteiger partial charge in [0, 0.05) is 61.5 Å². The van der Waals surface area contributed by atoms with Gasteiger partial charge in [-0.2, -0.15) is 18.4 Å². The number of ether oxygens (including phenoxy) is 6. The van der Waals surface area contributed by atoms with Gasteiger partial charge in [0.05, 0.1) is 65.9 Å². The van der Waals surface area contributed by atoms with E-state index in [1.54, 1.807) is 36.4 Å². The third-order valence-electron chi connectivity index (χ3n) is 20.0. The monoisotopic (exact) mass is 1310 g/mol. The number of halogens is 5. The molecule has 496 valence electrons. The van der Waals surface area contributed by atoms with Crippen molar-refractivity contribution in [2.24, 2.45) is 23.7 Å². The molecule has 1 aliphatic carbocycles. The van der Waals surface area contributed by atoms with Gasteiger partial charge in [-0.1, -0.05) is 48.5 Å². The molecule has 9 heterocycles. The number of methoxy groups -OCH3 is 1. The fourth-order valence-electron chi connectivity index (χ4n) is 14.6. The Morgan fingerprint density at radius 1 is 0.621 bits per heavy atom. The van der Waals surface area contributed by atoms with E-state index in [-0.39, 0.29) is 108 Å². The summed E-state index contributed by atoms with van der Waals surface area (Å²) in [6, 6.07) is 31.6. The molecule has 0 spiro atoms. The number of amides is 2. The lowest BCUT2D eigenvalue weighted by Gasteiger charge is -2.46. The van der Waals surface area contributed by atoms with Crippen LogP contribution in [-0.2, 0) is 67.4 Å². The van der Waals surface area contributed by atoms with Crippen LogP contribution in [0.1, 0.15) is 102 Å². The van der Waals surface area contributed by atoms with Gasteiger partial charge in [0.2, 0.25) is 6.41 Å². The van der Waals surface area contributed by atoms with Crippen molar-refractivity contribution in [2.75, 3.05) is 80.7 Å². The van der Waals surface area contributed by atoms with Crippen LogP contribution in [0.5, 0.6) is 0 Å². The standard InChI is InChI=1S/C71H70F5N7O12/c1-90-66(86)56-17-9-45(29-60(56)73)36-83(68(88)94-63-39-79-26-21-48(63)22-27-79)61-30-46(10-18-59(61)72)40-91-64(84)49-11-5-43(6-12-49)34-81(67(87)93-62-38-78-24-19-47(62)20-25-78)55-16-15-51(52(31-55)33-77)41-92-65(85)50-13-7-44(8-14-50)35-82(54-4-2-3-53(32-54)71(74,75)76)69(89)95-70-42-80-28-23-57(70)58(70)37-80/h2-18,29-32,47-48,57-58,62-63,68,88H,19-28,34-42H2,1H3/t57?,58?,62-,63-,68?,70+/m0/s1. The van der Waals surface area contributed by atoms with Crippen LogP contribution in [0.4, 0.5) is 48.6 Å². The predicted octanol–water partition coefficient (Wildman–Crippen LogP) is 10.8. The number of esters is 3. The number of rotatable bonds is 21. The maximum Gasteiger partial charge on any atom is 0.416 e. The van der Waals surface area contributed by atoms with E-state index in [1.165, 1.54) is 81.4 Å². The molecule has 24 heteroatoms. The first-order chi connectivity index (χ1) is 45.8. The Labute approximate surface area is 545 Å². The lowest BCUT2D eigenvalue weighted by atomic mass is 9.86. The number of carbonyl (C=O) groups excluding carboxylic acids is 5. The van der Waals surface area contributed by atoms with Crippen LogP contribution in [0.2, 0.25) is 0 Å². The number of carbonyl (C=O) groups is 5. The van der Waals surface area contributed by atoms with Crippen molar-refractivity contribution in [1.29, 1.82) is 5.26 Å². The van der Waals surface area contributed by atoms with Crippen molar-refractivity contribution < 1.29 is 79.5 Å². The number of aliphatic hydroxyl groups excluding tert-OH is 1. The highest BCUT2D eigenvalue weighted by Gasteiger charge is 2.74. The zero-order valence-electron chi connectivity index (χ0n) is 52.1. The molecule has 4 unspecified atom stereocenters. The number of aliphatic hydroxyl groups is 1. The SMILES string of the molecule is COC(=O)c1ccc(CN(c2cc(COC(=O)c3ccc(CN(C(=O)O[C@H]4CN5CCC4CC5)c4ccc(COC(=O)c5ccc(CN(C(=O)O[C@]67CN8CCC6C7C8)c6cccc(C(F)(F)F)c6)cc5)c(C#N)c4)cc3)ccc2F)C(O)O[C@H]2CN3CCC2CC3)cc1F. The van der Waals surface area contributed by atoms with Crippen LogP contribution in [-0.4, -0.2) is 140 Å². The molecular weight excluding hydrogens is 1240 g/mol. The van der Waals surface area contributed by atoms with Gasteiger partial charge in [0.1, 0.15) is 36.6 Å². The average Bonchev–Trinajstić information content (AvgIpc) is 1.51. The van der Waals surface area contributed by atoms with Crippen molar-refractivity contribution in [1.82, 2.24) is 14.7 Å². The highest BCUT2D eigenvalue weighted by molar-refractivity contribution is 5.92. The Morgan fingerprint density at radius 3 is 1.79 bits per heavy atom.